The van der Waals surface area contributed by atoms with Crippen LogP contribution in [0.1, 0.15) is 57.9 Å². The molecular formula is C22H31NO4. The Bertz CT molecular complexity index is 673. The second-order valence-corrected chi connectivity index (χ2v) is 8.88. The second-order valence-electron chi connectivity index (χ2n) is 8.88. The van der Waals surface area contributed by atoms with Crippen molar-refractivity contribution >= 4 is 11.9 Å². The number of carbonyl (C=O) groups is 2. The van der Waals surface area contributed by atoms with Gasteiger partial charge < -0.3 is 14.4 Å². The van der Waals surface area contributed by atoms with Crippen LogP contribution in [0.25, 0.3) is 0 Å². The first kappa shape index (κ1) is 19.7. The highest BCUT2D eigenvalue weighted by atomic mass is 16.6. The molecule has 1 aromatic rings. The van der Waals surface area contributed by atoms with Crippen molar-refractivity contribution in [2.45, 2.75) is 58.0 Å². The average Bonchev–Trinajstić information content (AvgIpc) is 3.40. The molecule has 0 bridgehead atoms. The van der Waals surface area contributed by atoms with Crippen molar-refractivity contribution in [2.75, 3.05) is 20.2 Å². The number of hydrogen-bond acceptors (Lipinski definition) is 4. The molecule has 1 saturated carbocycles. The van der Waals surface area contributed by atoms with Gasteiger partial charge in [-0.05, 0) is 69.1 Å². The Morgan fingerprint density at radius 1 is 1.19 bits per heavy atom. The smallest absolute Gasteiger partial charge is 0.306 e. The zero-order chi connectivity index (χ0) is 19.6. The van der Waals surface area contributed by atoms with Crippen LogP contribution in [0.5, 0.6) is 5.75 Å². The van der Waals surface area contributed by atoms with Crippen molar-refractivity contribution in [1.29, 1.82) is 0 Å². The van der Waals surface area contributed by atoms with E-state index >= 15 is 0 Å². The standard InChI is InChI=1S/C22H31NO4/c1-22(2,3)27-21(25)11-17-14-23(13-15-5-6-15)20(24)12-19(17)16-7-9-18(26-4)10-8-16/h7-10,15,17,19H,5-6,11-14H2,1-4H3/t17-,19?/m1/s1. The normalized spacial score (nSPS) is 23.3. The van der Waals surface area contributed by atoms with E-state index < -0.39 is 5.60 Å². The summed E-state index contributed by atoms with van der Waals surface area (Å²) >= 11 is 0. The number of methoxy groups -OCH3 is 1. The molecule has 1 unspecified atom stereocenters. The van der Waals surface area contributed by atoms with Crippen LogP contribution in [0, 0.1) is 11.8 Å². The van der Waals surface area contributed by atoms with Gasteiger partial charge in [0.05, 0.1) is 13.5 Å². The molecule has 1 amide bonds. The van der Waals surface area contributed by atoms with Crippen LogP contribution in [-0.2, 0) is 14.3 Å². The van der Waals surface area contributed by atoms with E-state index in [0.717, 1.165) is 17.9 Å². The minimum absolute atomic E-state index is 0.0337. The second kappa shape index (κ2) is 7.91. The van der Waals surface area contributed by atoms with Crippen molar-refractivity contribution in [2.24, 2.45) is 11.8 Å². The van der Waals surface area contributed by atoms with Gasteiger partial charge in [0.2, 0.25) is 5.91 Å². The lowest BCUT2D eigenvalue weighted by Crippen LogP contribution is -2.45. The zero-order valence-electron chi connectivity index (χ0n) is 16.9. The summed E-state index contributed by atoms with van der Waals surface area (Å²) in [5, 5.41) is 0. The Balaban J connectivity index is 1.76. The number of ether oxygens (including phenoxy) is 2. The lowest BCUT2D eigenvalue weighted by Gasteiger charge is -2.38. The summed E-state index contributed by atoms with van der Waals surface area (Å²) in [5.41, 5.74) is 0.592. The molecule has 5 heteroatoms. The van der Waals surface area contributed by atoms with Crippen molar-refractivity contribution in [3.63, 3.8) is 0 Å². The van der Waals surface area contributed by atoms with Gasteiger partial charge in [-0.3, -0.25) is 9.59 Å². The van der Waals surface area contributed by atoms with Gasteiger partial charge in [-0.15, -0.1) is 0 Å². The molecule has 5 nitrogen and oxygen atoms in total. The van der Waals surface area contributed by atoms with E-state index in [9.17, 15) is 9.59 Å². The van der Waals surface area contributed by atoms with Crippen LogP contribution in [0.4, 0.5) is 0 Å². The van der Waals surface area contributed by atoms with Crippen LogP contribution in [-0.4, -0.2) is 42.6 Å². The van der Waals surface area contributed by atoms with Gasteiger partial charge in [-0.2, -0.15) is 0 Å². The number of benzene rings is 1. The van der Waals surface area contributed by atoms with Crippen LogP contribution in [0.15, 0.2) is 24.3 Å². The predicted molar refractivity (Wildman–Crippen MR) is 104 cm³/mol. The van der Waals surface area contributed by atoms with Gasteiger partial charge in [0.1, 0.15) is 11.4 Å². The van der Waals surface area contributed by atoms with E-state index in [1.165, 1.54) is 12.8 Å². The third-order valence-corrected chi connectivity index (χ3v) is 5.34. The van der Waals surface area contributed by atoms with Gasteiger partial charge in [0.25, 0.3) is 0 Å². The molecule has 0 spiro atoms. The van der Waals surface area contributed by atoms with Gasteiger partial charge in [0.15, 0.2) is 0 Å². The molecule has 1 aliphatic heterocycles. The van der Waals surface area contributed by atoms with Crippen LogP contribution in [0.3, 0.4) is 0 Å². The van der Waals surface area contributed by atoms with Crippen LogP contribution >= 0.6 is 0 Å². The maximum absolute atomic E-state index is 12.7. The number of carbonyl (C=O) groups excluding carboxylic acids is 2. The van der Waals surface area contributed by atoms with E-state index in [1.54, 1.807) is 7.11 Å². The van der Waals surface area contributed by atoms with Crippen LogP contribution in [0.2, 0.25) is 0 Å². The quantitative estimate of drug-likeness (QED) is 0.712. The zero-order valence-corrected chi connectivity index (χ0v) is 16.9. The Hall–Kier alpha value is -2.04. The van der Waals surface area contributed by atoms with Crippen LogP contribution < -0.4 is 4.74 Å². The Morgan fingerprint density at radius 2 is 1.85 bits per heavy atom. The van der Waals surface area contributed by atoms with Crippen molar-refractivity contribution in [1.82, 2.24) is 4.90 Å². The Morgan fingerprint density at radius 3 is 2.41 bits per heavy atom. The molecule has 0 radical (unpaired) electrons. The highest BCUT2D eigenvalue weighted by Gasteiger charge is 2.38. The summed E-state index contributed by atoms with van der Waals surface area (Å²) in [4.78, 5) is 27.2. The van der Waals surface area contributed by atoms with E-state index in [1.807, 2.05) is 49.9 Å². The number of hydrogen-bond donors (Lipinski definition) is 0. The minimum atomic E-state index is -0.495. The monoisotopic (exact) mass is 373 g/mol. The topological polar surface area (TPSA) is 55.8 Å². The third kappa shape index (κ3) is 5.47. The molecule has 3 rings (SSSR count). The molecule has 0 N–H and O–H groups in total. The average molecular weight is 373 g/mol. The Labute approximate surface area is 162 Å². The van der Waals surface area contributed by atoms with Crippen molar-refractivity contribution in [3.8, 4) is 5.75 Å². The number of amides is 1. The molecule has 0 aromatic heterocycles. The van der Waals surface area contributed by atoms with Crippen molar-refractivity contribution in [3.05, 3.63) is 29.8 Å². The molecule has 2 fully saturated rings. The van der Waals surface area contributed by atoms with Crippen molar-refractivity contribution < 1.29 is 19.1 Å². The molecule has 1 aliphatic carbocycles. The number of piperidine rings is 1. The lowest BCUT2D eigenvalue weighted by atomic mass is 9.78. The predicted octanol–water partition coefficient (Wildman–Crippen LogP) is 3.77. The van der Waals surface area contributed by atoms with Gasteiger partial charge >= 0.3 is 5.97 Å². The lowest BCUT2D eigenvalue weighted by molar-refractivity contribution is -0.157. The number of esters is 1. The number of likely N-dealkylation sites (tertiary alicyclic amines) is 1. The summed E-state index contributed by atoms with van der Waals surface area (Å²) in [6.45, 7) is 7.12. The summed E-state index contributed by atoms with van der Waals surface area (Å²) in [6, 6.07) is 7.85. The summed E-state index contributed by atoms with van der Waals surface area (Å²) in [5.74, 6) is 1.56. The maximum atomic E-state index is 12.7. The van der Waals surface area contributed by atoms with Gasteiger partial charge in [-0.1, -0.05) is 12.1 Å². The van der Waals surface area contributed by atoms with E-state index in [0.29, 0.717) is 25.3 Å². The first-order chi connectivity index (χ1) is 12.7. The maximum Gasteiger partial charge on any atom is 0.306 e. The molecule has 2 atom stereocenters. The first-order valence-electron chi connectivity index (χ1n) is 9.88. The number of rotatable bonds is 6. The number of nitrogens with zero attached hydrogens (tertiary/aromatic N) is 1. The molecule has 148 valence electrons. The highest BCUT2D eigenvalue weighted by Crippen LogP contribution is 2.39. The molecule has 1 saturated heterocycles. The Kier molecular flexibility index (Phi) is 5.78. The van der Waals surface area contributed by atoms with Gasteiger partial charge in [0, 0.05) is 19.5 Å². The van der Waals surface area contributed by atoms with E-state index in [4.69, 9.17) is 9.47 Å². The fourth-order valence-corrected chi connectivity index (χ4v) is 3.83. The summed E-state index contributed by atoms with van der Waals surface area (Å²) in [7, 11) is 1.64. The third-order valence-electron chi connectivity index (χ3n) is 5.34. The molecule has 27 heavy (non-hydrogen) atoms. The van der Waals surface area contributed by atoms with Gasteiger partial charge in [-0.25, -0.2) is 0 Å². The molecular weight excluding hydrogens is 342 g/mol. The molecule has 2 aliphatic rings. The fraction of sp³-hybridized carbons (Fsp3) is 0.636. The van der Waals surface area contributed by atoms with E-state index in [2.05, 4.69) is 0 Å². The minimum Gasteiger partial charge on any atom is -0.497 e. The highest BCUT2D eigenvalue weighted by molar-refractivity contribution is 5.79. The van der Waals surface area contributed by atoms with E-state index in [-0.39, 0.29) is 23.7 Å². The first-order valence-corrected chi connectivity index (χ1v) is 9.88. The molecule has 1 heterocycles. The molecule has 1 aromatic carbocycles. The SMILES string of the molecule is COc1ccc(C2CC(=O)N(CC3CC3)C[C@H]2CC(=O)OC(C)(C)C)cc1. The fourth-order valence-electron chi connectivity index (χ4n) is 3.83. The largest absolute Gasteiger partial charge is 0.497 e. The summed E-state index contributed by atoms with van der Waals surface area (Å²) < 4.78 is 10.8. The summed E-state index contributed by atoms with van der Waals surface area (Å²) in [6.07, 6.45) is 3.21.